The number of thiazole rings is 1. The highest BCUT2D eigenvalue weighted by atomic mass is 32.1. The fourth-order valence-electron chi connectivity index (χ4n) is 2.47. The third-order valence-electron chi connectivity index (χ3n) is 3.73. The summed E-state index contributed by atoms with van der Waals surface area (Å²) in [4.78, 5) is 16.4. The first-order valence-corrected chi connectivity index (χ1v) is 8.65. The number of aromatic amines is 1. The van der Waals surface area contributed by atoms with Crippen molar-refractivity contribution >= 4 is 28.1 Å². The van der Waals surface area contributed by atoms with E-state index in [9.17, 15) is 9.18 Å². The maximum absolute atomic E-state index is 13.2. The molecular formula is C18H13FN4O2S. The van der Waals surface area contributed by atoms with Crippen LogP contribution in [-0.4, -0.2) is 21.1 Å². The summed E-state index contributed by atoms with van der Waals surface area (Å²) in [6, 6.07) is 11.5. The van der Waals surface area contributed by atoms with E-state index in [0.717, 1.165) is 5.56 Å². The lowest BCUT2D eigenvalue weighted by atomic mass is 10.2. The molecule has 0 fully saturated rings. The minimum atomic E-state index is -0.381. The second-order valence-electron chi connectivity index (χ2n) is 5.49. The van der Waals surface area contributed by atoms with E-state index >= 15 is 0 Å². The number of rotatable bonds is 5. The van der Waals surface area contributed by atoms with Gasteiger partial charge in [0, 0.05) is 23.5 Å². The molecule has 130 valence electrons. The lowest BCUT2D eigenvalue weighted by Gasteiger charge is -2.06. The summed E-state index contributed by atoms with van der Waals surface area (Å²) in [5.41, 5.74) is 1.64. The van der Waals surface area contributed by atoms with Gasteiger partial charge in [-0.15, -0.1) is 0 Å². The van der Waals surface area contributed by atoms with E-state index in [4.69, 9.17) is 4.74 Å². The maximum Gasteiger partial charge on any atom is 0.278 e. The summed E-state index contributed by atoms with van der Waals surface area (Å²) in [5.74, 6) is -0.0329. The molecule has 0 saturated heterocycles. The summed E-state index contributed by atoms with van der Waals surface area (Å²) in [6.07, 6.45) is 1.68. The molecule has 0 atom stereocenters. The van der Waals surface area contributed by atoms with Crippen LogP contribution in [0.1, 0.15) is 16.1 Å². The topological polar surface area (TPSA) is 79.9 Å². The molecule has 4 rings (SSSR count). The van der Waals surface area contributed by atoms with Crippen LogP contribution >= 0.6 is 11.3 Å². The molecule has 0 bridgehead atoms. The molecule has 1 amide bonds. The third-order valence-corrected chi connectivity index (χ3v) is 4.38. The molecule has 4 aromatic rings. The van der Waals surface area contributed by atoms with E-state index in [1.165, 1.54) is 29.5 Å². The third kappa shape index (κ3) is 3.40. The second-order valence-corrected chi connectivity index (χ2v) is 6.35. The standard InChI is InChI=1S/C18H13FN4O2S/c19-12-3-6-14-15(9-12)22-23-16(14)17(24)21-10-11-1-4-13(5-2-11)25-18-20-7-8-26-18/h1-9H,10H2,(H,21,24)(H,22,23). The number of nitrogens with one attached hydrogen (secondary N) is 2. The Morgan fingerprint density at radius 2 is 2.08 bits per heavy atom. The monoisotopic (exact) mass is 368 g/mol. The SMILES string of the molecule is O=C(NCc1ccc(Oc2nccs2)cc1)c1n[nH]c2cc(F)ccc12. The van der Waals surface area contributed by atoms with Gasteiger partial charge in [-0.25, -0.2) is 9.37 Å². The van der Waals surface area contributed by atoms with Crippen LogP contribution in [0.4, 0.5) is 4.39 Å². The Labute approximate surface area is 151 Å². The molecular weight excluding hydrogens is 355 g/mol. The lowest BCUT2D eigenvalue weighted by Crippen LogP contribution is -2.23. The van der Waals surface area contributed by atoms with Crippen LogP contribution < -0.4 is 10.1 Å². The van der Waals surface area contributed by atoms with Crippen LogP contribution in [0.2, 0.25) is 0 Å². The first-order chi connectivity index (χ1) is 12.7. The predicted molar refractivity (Wildman–Crippen MR) is 95.9 cm³/mol. The van der Waals surface area contributed by atoms with E-state index < -0.39 is 0 Å². The van der Waals surface area contributed by atoms with Crippen molar-refractivity contribution in [3.05, 3.63) is 71.1 Å². The van der Waals surface area contributed by atoms with Gasteiger partial charge >= 0.3 is 0 Å². The second kappa shape index (κ2) is 6.93. The molecule has 8 heteroatoms. The summed E-state index contributed by atoms with van der Waals surface area (Å²) in [7, 11) is 0. The molecule has 0 aliphatic carbocycles. The first-order valence-electron chi connectivity index (χ1n) is 7.77. The van der Waals surface area contributed by atoms with E-state index in [0.29, 0.717) is 28.4 Å². The highest BCUT2D eigenvalue weighted by molar-refractivity contribution is 7.11. The van der Waals surface area contributed by atoms with E-state index in [1.54, 1.807) is 6.20 Å². The smallest absolute Gasteiger partial charge is 0.278 e. The summed E-state index contributed by atoms with van der Waals surface area (Å²) < 4.78 is 18.8. The average Bonchev–Trinajstić information content (AvgIpc) is 3.30. The maximum atomic E-state index is 13.2. The highest BCUT2D eigenvalue weighted by Crippen LogP contribution is 2.23. The quantitative estimate of drug-likeness (QED) is 0.560. The Hall–Kier alpha value is -3.26. The molecule has 0 spiro atoms. The molecule has 0 radical (unpaired) electrons. The number of ether oxygens (including phenoxy) is 1. The predicted octanol–water partition coefficient (Wildman–Crippen LogP) is 3.88. The molecule has 26 heavy (non-hydrogen) atoms. The number of hydrogen-bond acceptors (Lipinski definition) is 5. The van der Waals surface area contributed by atoms with E-state index in [1.807, 2.05) is 29.6 Å². The van der Waals surface area contributed by atoms with Crippen molar-refractivity contribution < 1.29 is 13.9 Å². The van der Waals surface area contributed by atoms with Gasteiger partial charge in [-0.05, 0) is 35.9 Å². The van der Waals surface area contributed by atoms with Gasteiger partial charge in [0.05, 0.1) is 5.52 Å². The number of halogens is 1. The van der Waals surface area contributed by atoms with Crippen molar-refractivity contribution in [2.24, 2.45) is 0 Å². The summed E-state index contributed by atoms with van der Waals surface area (Å²) in [5, 5.41) is 12.4. The number of benzene rings is 2. The molecule has 6 nitrogen and oxygen atoms in total. The number of H-pyrrole nitrogens is 1. The van der Waals surface area contributed by atoms with Gasteiger partial charge in [0.15, 0.2) is 5.69 Å². The Morgan fingerprint density at radius 1 is 1.23 bits per heavy atom. The van der Waals surface area contributed by atoms with Gasteiger partial charge in [0.25, 0.3) is 11.1 Å². The van der Waals surface area contributed by atoms with Crippen molar-refractivity contribution in [1.82, 2.24) is 20.5 Å². The zero-order valence-electron chi connectivity index (χ0n) is 13.4. The highest BCUT2D eigenvalue weighted by Gasteiger charge is 2.14. The minimum Gasteiger partial charge on any atom is -0.431 e. The minimum absolute atomic E-state index is 0.240. The van der Waals surface area contributed by atoms with E-state index in [2.05, 4.69) is 20.5 Å². The lowest BCUT2D eigenvalue weighted by molar-refractivity contribution is 0.0947. The fourth-order valence-corrected chi connectivity index (χ4v) is 2.97. The van der Waals surface area contributed by atoms with Gasteiger partial charge in [-0.2, -0.15) is 5.10 Å². The number of fused-ring (bicyclic) bond motifs is 1. The van der Waals surface area contributed by atoms with Crippen molar-refractivity contribution in [2.45, 2.75) is 6.54 Å². The number of carbonyl (C=O) groups excluding carboxylic acids is 1. The normalized spacial score (nSPS) is 10.8. The zero-order chi connectivity index (χ0) is 17.9. The van der Waals surface area contributed by atoms with Gasteiger partial charge < -0.3 is 10.1 Å². The number of aromatic nitrogens is 3. The number of amides is 1. The van der Waals surface area contributed by atoms with Gasteiger partial charge in [-0.1, -0.05) is 23.5 Å². The van der Waals surface area contributed by atoms with Crippen LogP contribution in [0.5, 0.6) is 10.9 Å². The molecule has 2 aromatic heterocycles. The molecule has 2 heterocycles. The van der Waals surface area contributed by atoms with Crippen molar-refractivity contribution in [3.8, 4) is 10.9 Å². The number of carbonyl (C=O) groups is 1. The van der Waals surface area contributed by atoms with Crippen LogP contribution in [0, 0.1) is 5.82 Å². The Kier molecular flexibility index (Phi) is 4.32. The van der Waals surface area contributed by atoms with Crippen LogP contribution in [0.3, 0.4) is 0 Å². The molecule has 2 aromatic carbocycles. The number of hydrogen-bond donors (Lipinski definition) is 2. The Balaban J connectivity index is 1.40. The molecule has 2 N–H and O–H groups in total. The Bertz CT molecular complexity index is 1040. The van der Waals surface area contributed by atoms with Gasteiger partial charge in [0.1, 0.15) is 11.6 Å². The molecule has 0 aliphatic heterocycles. The van der Waals surface area contributed by atoms with Crippen LogP contribution in [0.15, 0.2) is 54.0 Å². The largest absolute Gasteiger partial charge is 0.431 e. The molecule has 0 saturated carbocycles. The molecule has 0 aliphatic rings. The van der Waals surface area contributed by atoms with Crippen molar-refractivity contribution in [2.75, 3.05) is 0 Å². The molecule has 0 unspecified atom stereocenters. The van der Waals surface area contributed by atoms with Crippen LogP contribution in [-0.2, 0) is 6.54 Å². The van der Waals surface area contributed by atoms with Crippen molar-refractivity contribution in [1.29, 1.82) is 0 Å². The Morgan fingerprint density at radius 3 is 2.85 bits per heavy atom. The fraction of sp³-hybridized carbons (Fsp3) is 0.0556. The summed E-state index contributed by atoms with van der Waals surface area (Å²) in [6.45, 7) is 0.339. The van der Waals surface area contributed by atoms with Crippen molar-refractivity contribution in [3.63, 3.8) is 0 Å². The average molecular weight is 368 g/mol. The summed E-state index contributed by atoms with van der Waals surface area (Å²) >= 11 is 1.41. The van der Waals surface area contributed by atoms with Gasteiger partial charge in [-0.3, -0.25) is 9.89 Å². The van der Waals surface area contributed by atoms with E-state index in [-0.39, 0.29) is 17.4 Å². The van der Waals surface area contributed by atoms with Gasteiger partial charge in [0.2, 0.25) is 0 Å². The van der Waals surface area contributed by atoms with Crippen LogP contribution in [0.25, 0.3) is 10.9 Å². The zero-order valence-corrected chi connectivity index (χ0v) is 14.2. The number of nitrogens with zero attached hydrogens (tertiary/aromatic N) is 2. The first kappa shape index (κ1) is 16.2.